The normalized spacial score (nSPS) is 24.1. The van der Waals surface area contributed by atoms with E-state index in [0.29, 0.717) is 29.4 Å². The number of hydrogen-bond donors (Lipinski definition) is 5. The molecule has 1 fully saturated rings. The summed E-state index contributed by atoms with van der Waals surface area (Å²) in [5.74, 6) is -0.579. The maximum absolute atomic E-state index is 12.0. The van der Waals surface area contributed by atoms with Crippen LogP contribution in [-0.4, -0.2) is 54.2 Å². The molecular formula is C17H24N7O5P. The van der Waals surface area contributed by atoms with Crippen LogP contribution in [0.25, 0.3) is 11.2 Å². The van der Waals surface area contributed by atoms with Gasteiger partial charge < -0.3 is 25.6 Å². The van der Waals surface area contributed by atoms with Crippen LogP contribution in [0.4, 0.5) is 11.8 Å². The molecule has 162 valence electrons. The third-order valence-electron chi connectivity index (χ3n) is 5.05. The Kier molecular flexibility index (Phi) is 5.49. The van der Waals surface area contributed by atoms with Gasteiger partial charge in [0.05, 0.1) is 19.0 Å². The first-order chi connectivity index (χ1) is 14.2. The van der Waals surface area contributed by atoms with Crippen LogP contribution in [-0.2, 0) is 13.9 Å². The number of nitrogen functional groups attached to an aromatic ring is 1. The summed E-state index contributed by atoms with van der Waals surface area (Å²) in [5, 5.41) is 14.3. The topological polar surface area (TPSA) is 178 Å². The lowest BCUT2D eigenvalue weighted by Crippen LogP contribution is -2.32. The summed E-state index contributed by atoms with van der Waals surface area (Å²) in [4.78, 5) is 33.7. The van der Waals surface area contributed by atoms with Crippen molar-refractivity contribution >= 4 is 36.6 Å². The minimum atomic E-state index is -4.22. The quantitative estimate of drug-likeness (QED) is 0.282. The van der Waals surface area contributed by atoms with Gasteiger partial charge in [0.2, 0.25) is 5.95 Å². The van der Waals surface area contributed by atoms with E-state index in [2.05, 4.69) is 25.4 Å². The predicted molar refractivity (Wildman–Crippen MR) is 109 cm³/mol. The Bertz CT molecular complexity index is 1040. The van der Waals surface area contributed by atoms with E-state index in [0.717, 1.165) is 12.8 Å². The summed E-state index contributed by atoms with van der Waals surface area (Å²) in [6.45, 7) is 1.24. The number of imidazole rings is 1. The zero-order chi connectivity index (χ0) is 21.5. The number of aromatic nitrogens is 4. The Morgan fingerprint density at radius 2 is 2.20 bits per heavy atom. The third kappa shape index (κ3) is 4.62. The molecule has 4 rings (SSSR count). The lowest BCUT2D eigenvalue weighted by molar-refractivity contribution is -0.138. The third-order valence-corrected chi connectivity index (χ3v) is 6.27. The van der Waals surface area contributed by atoms with Crippen molar-refractivity contribution in [2.24, 2.45) is 5.92 Å². The van der Waals surface area contributed by atoms with Gasteiger partial charge in [-0.25, -0.2) is 14.6 Å². The van der Waals surface area contributed by atoms with Crippen LogP contribution in [0.3, 0.4) is 0 Å². The van der Waals surface area contributed by atoms with Crippen LogP contribution in [0.2, 0.25) is 0 Å². The largest absolute Gasteiger partial charge is 0.480 e. The maximum atomic E-state index is 12.0. The molecule has 2 aromatic heterocycles. The van der Waals surface area contributed by atoms with E-state index in [9.17, 15) is 14.3 Å². The molecule has 0 amide bonds. The fraction of sp³-hybridized carbons (Fsp3) is 0.529. The number of aliphatic carboxylic acids is 1. The fourth-order valence-corrected chi connectivity index (χ4v) is 4.38. The molecule has 0 saturated heterocycles. The number of nitrogens with zero attached hydrogens (tertiary/aromatic N) is 4. The molecular weight excluding hydrogens is 413 g/mol. The average Bonchev–Trinajstić information content (AvgIpc) is 3.19. The second kappa shape index (κ2) is 7.95. The van der Waals surface area contributed by atoms with Gasteiger partial charge in [0.1, 0.15) is 6.04 Å². The molecule has 13 heteroatoms. The Balaban J connectivity index is 1.42. The molecule has 0 aliphatic heterocycles. The molecule has 0 radical (unpaired) electrons. The van der Waals surface area contributed by atoms with E-state index < -0.39 is 19.8 Å². The van der Waals surface area contributed by atoms with Gasteiger partial charge in [-0.3, -0.25) is 9.32 Å². The first-order valence-corrected chi connectivity index (χ1v) is 11.2. The maximum Gasteiger partial charge on any atom is 0.403 e. The lowest BCUT2D eigenvalue weighted by Gasteiger charge is -2.18. The average molecular weight is 437 g/mol. The zero-order valence-electron chi connectivity index (χ0n) is 16.3. The summed E-state index contributed by atoms with van der Waals surface area (Å²) in [5.41, 5.74) is 7.15. The van der Waals surface area contributed by atoms with Gasteiger partial charge in [0, 0.05) is 12.0 Å². The van der Waals surface area contributed by atoms with E-state index in [-0.39, 0.29) is 24.5 Å². The number of allylic oxidation sites excluding steroid dienone is 1. The van der Waals surface area contributed by atoms with E-state index in [4.69, 9.17) is 15.4 Å². The standard InChI is InChI=1S/C17H24N7O5P/c1-9(16(25)26)23-30(27,28)29-7-10-2-5-12(6-10)24-8-19-13-14(20-11-3-4-11)21-17(18)22-15(13)24/h2,5,8-12H,3-4,6-7H2,1H3,(H,25,26)(H2,23,27,28)(H3,18,20,21,22)/t9-,10+,12-/m0/s1. The lowest BCUT2D eigenvalue weighted by atomic mass is 10.1. The highest BCUT2D eigenvalue weighted by molar-refractivity contribution is 7.50. The van der Waals surface area contributed by atoms with Crippen LogP contribution in [0.5, 0.6) is 0 Å². The number of carbonyl (C=O) groups is 1. The van der Waals surface area contributed by atoms with E-state index in [1.54, 1.807) is 6.33 Å². The number of nitrogens with two attached hydrogens (primary N) is 1. The molecule has 0 bridgehead atoms. The van der Waals surface area contributed by atoms with Gasteiger partial charge in [-0.05, 0) is 26.2 Å². The number of carboxylic acids is 1. The van der Waals surface area contributed by atoms with Crippen molar-refractivity contribution in [1.82, 2.24) is 24.6 Å². The number of nitrogens with one attached hydrogen (secondary N) is 2. The Labute approximate surface area is 172 Å². The first-order valence-electron chi connectivity index (χ1n) is 9.64. The second-order valence-corrected chi connectivity index (χ2v) is 9.18. The summed E-state index contributed by atoms with van der Waals surface area (Å²) in [6, 6.07) is -0.878. The van der Waals surface area contributed by atoms with Crippen LogP contribution in [0.15, 0.2) is 18.5 Å². The number of carboxylic acid groups (broad SMARTS) is 1. The van der Waals surface area contributed by atoms with Gasteiger partial charge in [-0.15, -0.1) is 0 Å². The van der Waals surface area contributed by atoms with E-state index in [1.165, 1.54) is 6.92 Å². The number of anilines is 2. The van der Waals surface area contributed by atoms with Gasteiger partial charge >= 0.3 is 13.7 Å². The summed E-state index contributed by atoms with van der Waals surface area (Å²) < 4.78 is 19.0. The molecule has 0 aromatic carbocycles. The van der Waals surface area contributed by atoms with Crippen LogP contribution < -0.4 is 16.1 Å². The van der Waals surface area contributed by atoms with E-state index in [1.807, 2.05) is 16.7 Å². The molecule has 2 aliphatic rings. The molecule has 1 saturated carbocycles. The Hall–Kier alpha value is -2.53. The van der Waals surface area contributed by atoms with Gasteiger partial charge in [-0.2, -0.15) is 9.97 Å². The van der Waals surface area contributed by atoms with Crippen molar-refractivity contribution in [3.05, 3.63) is 18.5 Å². The molecule has 1 unspecified atom stereocenters. The van der Waals surface area contributed by atoms with Crippen LogP contribution in [0, 0.1) is 5.92 Å². The highest BCUT2D eigenvalue weighted by Gasteiger charge is 2.30. The molecule has 0 spiro atoms. The monoisotopic (exact) mass is 437 g/mol. The molecule has 12 nitrogen and oxygen atoms in total. The van der Waals surface area contributed by atoms with Crippen molar-refractivity contribution < 1.29 is 23.9 Å². The fourth-order valence-electron chi connectivity index (χ4n) is 3.31. The number of fused-ring (bicyclic) bond motifs is 1. The Morgan fingerprint density at radius 1 is 1.43 bits per heavy atom. The van der Waals surface area contributed by atoms with Crippen molar-refractivity contribution in [3.63, 3.8) is 0 Å². The minimum Gasteiger partial charge on any atom is -0.480 e. The molecule has 30 heavy (non-hydrogen) atoms. The summed E-state index contributed by atoms with van der Waals surface area (Å²) >= 11 is 0. The van der Waals surface area contributed by atoms with Gasteiger partial charge in [-0.1, -0.05) is 12.2 Å². The van der Waals surface area contributed by atoms with Crippen molar-refractivity contribution in [2.45, 2.75) is 44.3 Å². The second-order valence-electron chi connectivity index (χ2n) is 7.63. The minimum absolute atomic E-state index is 0.0294. The van der Waals surface area contributed by atoms with Crippen LogP contribution in [0.1, 0.15) is 32.2 Å². The SMILES string of the molecule is C[C@H](NP(=O)(O)OC[C@@H]1C=C[C@H](n2cnc3c(NC4CC4)nc(N)nc32)C1)C(=O)O. The van der Waals surface area contributed by atoms with Gasteiger partial charge in [0.15, 0.2) is 17.0 Å². The predicted octanol–water partition coefficient (Wildman–Crippen LogP) is 1.28. The highest BCUT2D eigenvalue weighted by Crippen LogP contribution is 2.40. The molecule has 6 N–H and O–H groups in total. The van der Waals surface area contributed by atoms with E-state index >= 15 is 0 Å². The van der Waals surface area contributed by atoms with Gasteiger partial charge in [0.25, 0.3) is 0 Å². The van der Waals surface area contributed by atoms with Crippen LogP contribution >= 0.6 is 7.75 Å². The highest BCUT2D eigenvalue weighted by atomic mass is 31.2. The molecule has 2 aromatic rings. The molecule has 2 aliphatic carbocycles. The smallest absolute Gasteiger partial charge is 0.403 e. The number of hydrogen-bond acceptors (Lipinski definition) is 8. The molecule has 4 atom stereocenters. The summed E-state index contributed by atoms with van der Waals surface area (Å²) in [7, 11) is -4.22. The van der Waals surface area contributed by atoms with Crippen molar-refractivity contribution in [3.8, 4) is 0 Å². The van der Waals surface area contributed by atoms with Crippen molar-refractivity contribution in [1.29, 1.82) is 0 Å². The summed E-state index contributed by atoms with van der Waals surface area (Å²) in [6.07, 6.45) is 8.32. The number of rotatable bonds is 9. The first kappa shape index (κ1) is 20.7. The molecule has 2 heterocycles. The zero-order valence-corrected chi connectivity index (χ0v) is 17.2. The Morgan fingerprint density at radius 3 is 2.90 bits per heavy atom. The van der Waals surface area contributed by atoms with Crippen molar-refractivity contribution in [2.75, 3.05) is 17.7 Å².